The molecule has 0 radical (unpaired) electrons. The smallest absolute Gasteiger partial charge is 0.260 e. The van der Waals surface area contributed by atoms with Crippen molar-refractivity contribution in [2.24, 2.45) is 0 Å². The molecule has 1 N–H and O–H groups in total. The third kappa shape index (κ3) is 1.88. The molecular formula is C11H13N3O2S2. The lowest BCUT2D eigenvalue weighted by Crippen LogP contribution is -2.30. The van der Waals surface area contributed by atoms with E-state index < -0.39 is 10.0 Å². The molecule has 96 valence electrons. The lowest BCUT2D eigenvalue weighted by atomic mass is 10.2. The number of nitrogens with zero attached hydrogens (tertiary/aromatic N) is 2. The quantitative estimate of drug-likeness (QED) is 0.937. The van der Waals surface area contributed by atoms with Crippen LogP contribution in [0.3, 0.4) is 0 Å². The normalized spacial score (nSPS) is 21.4. The molecule has 18 heavy (non-hydrogen) atoms. The van der Waals surface area contributed by atoms with Gasteiger partial charge in [-0.15, -0.1) is 11.3 Å². The molecule has 1 saturated heterocycles. The van der Waals surface area contributed by atoms with Crippen LogP contribution >= 0.6 is 11.3 Å². The Balaban J connectivity index is 1.97. The van der Waals surface area contributed by atoms with Crippen LogP contribution in [0.2, 0.25) is 0 Å². The van der Waals surface area contributed by atoms with Gasteiger partial charge in [0.05, 0.1) is 12.2 Å². The molecule has 5 nitrogen and oxygen atoms in total. The number of aromatic nitrogens is 2. The highest BCUT2D eigenvalue weighted by Crippen LogP contribution is 2.37. The Bertz CT molecular complexity index is 605. The third-order valence-corrected chi connectivity index (χ3v) is 5.95. The van der Waals surface area contributed by atoms with E-state index in [4.69, 9.17) is 0 Å². The molecule has 0 aliphatic carbocycles. The first-order valence-electron chi connectivity index (χ1n) is 5.74. The van der Waals surface area contributed by atoms with Gasteiger partial charge in [0, 0.05) is 11.4 Å². The number of thiophene rings is 1. The Labute approximate surface area is 110 Å². The van der Waals surface area contributed by atoms with Gasteiger partial charge in [-0.2, -0.15) is 9.40 Å². The zero-order chi connectivity index (χ0) is 12.6. The lowest BCUT2D eigenvalue weighted by molar-refractivity contribution is 0.399. The largest absolute Gasteiger partial charge is 0.266 e. The van der Waals surface area contributed by atoms with Gasteiger partial charge in [-0.05, 0) is 30.4 Å². The van der Waals surface area contributed by atoms with Gasteiger partial charge in [0.1, 0.15) is 0 Å². The van der Waals surface area contributed by atoms with Crippen LogP contribution < -0.4 is 0 Å². The van der Waals surface area contributed by atoms with Crippen molar-refractivity contribution in [3.05, 3.63) is 34.7 Å². The SMILES string of the molecule is O=S(=O)(c1ccn[nH]1)N1CCCC1c1cccs1. The maximum absolute atomic E-state index is 12.5. The molecule has 1 unspecified atom stereocenters. The van der Waals surface area contributed by atoms with E-state index in [1.165, 1.54) is 12.3 Å². The summed E-state index contributed by atoms with van der Waals surface area (Å²) in [5.41, 5.74) is 0. The highest BCUT2D eigenvalue weighted by atomic mass is 32.2. The second kappa shape index (κ2) is 4.49. The number of sulfonamides is 1. The molecule has 0 amide bonds. The number of H-pyrrole nitrogens is 1. The molecule has 7 heteroatoms. The number of hydrogen-bond donors (Lipinski definition) is 1. The van der Waals surface area contributed by atoms with Gasteiger partial charge in [0.15, 0.2) is 5.03 Å². The fourth-order valence-corrected chi connectivity index (χ4v) is 4.82. The molecule has 3 rings (SSSR count). The van der Waals surface area contributed by atoms with E-state index in [1.54, 1.807) is 15.6 Å². The summed E-state index contributed by atoms with van der Waals surface area (Å²) in [5, 5.41) is 8.42. The predicted octanol–water partition coefficient (Wildman–Crippen LogP) is 2.00. The number of rotatable bonds is 3. The van der Waals surface area contributed by atoms with E-state index in [0.29, 0.717) is 6.54 Å². The topological polar surface area (TPSA) is 66.1 Å². The Morgan fingerprint density at radius 3 is 3.00 bits per heavy atom. The Morgan fingerprint density at radius 2 is 2.33 bits per heavy atom. The summed E-state index contributed by atoms with van der Waals surface area (Å²) >= 11 is 1.61. The molecule has 1 aliphatic heterocycles. The number of aromatic amines is 1. The first-order valence-corrected chi connectivity index (χ1v) is 8.06. The average molecular weight is 283 g/mol. The Morgan fingerprint density at radius 1 is 1.44 bits per heavy atom. The monoisotopic (exact) mass is 283 g/mol. The van der Waals surface area contributed by atoms with Crippen LogP contribution in [0.5, 0.6) is 0 Å². The highest BCUT2D eigenvalue weighted by molar-refractivity contribution is 7.89. The zero-order valence-corrected chi connectivity index (χ0v) is 11.2. The van der Waals surface area contributed by atoms with Gasteiger partial charge in [-0.1, -0.05) is 6.07 Å². The summed E-state index contributed by atoms with van der Waals surface area (Å²) in [4.78, 5) is 1.11. The maximum Gasteiger partial charge on any atom is 0.260 e. The Kier molecular flexibility index (Phi) is 2.96. The highest BCUT2D eigenvalue weighted by Gasteiger charge is 2.37. The van der Waals surface area contributed by atoms with Crippen molar-refractivity contribution in [1.82, 2.24) is 14.5 Å². The summed E-state index contributed by atoms with van der Waals surface area (Å²) in [7, 11) is -3.45. The van der Waals surface area contributed by atoms with Crippen molar-refractivity contribution in [1.29, 1.82) is 0 Å². The van der Waals surface area contributed by atoms with Gasteiger partial charge in [-0.3, -0.25) is 5.10 Å². The molecule has 1 aliphatic rings. The van der Waals surface area contributed by atoms with Crippen molar-refractivity contribution in [3.63, 3.8) is 0 Å². The van der Waals surface area contributed by atoms with Crippen LogP contribution in [0, 0.1) is 0 Å². The van der Waals surface area contributed by atoms with Crippen molar-refractivity contribution < 1.29 is 8.42 Å². The first-order chi connectivity index (χ1) is 8.69. The van der Waals surface area contributed by atoms with Crippen LogP contribution in [-0.4, -0.2) is 29.5 Å². The molecule has 1 fully saturated rings. The van der Waals surface area contributed by atoms with Crippen LogP contribution in [0.25, 0.3) is 0 Å². The van der Waals surface area contributed by atoms with Gasteiger partial charge in [0.2, 0.25) is 0 Å². The van der Waals surface area contributed by atoms with E-state index >= 15 is 0 Å². The van der Waals surface area contributed by atoms with Crippen molar-refractivity contribution in [2.45, 2.75) is 23.9 Å². The lowest BCUT2D eigenvalue weighted by Gasteiger charge is -2.22. The summed E-state index contributed by atoms with van der Waals surface area (Å²) in [6.45, 7) is 0.573. The van der Waals surface area contributed by atoms with Crippen molar-refractivity contribution in [2.75, 3.05) is 6.54 Å². The molecular weight excluding hydrogens is 270 g/mol. The molecule has 3 heterocycles. The third-order valence-electron chi connectivity index (χ3n) is 3.14. The summed E-state index contributed by atoms with van der Waals surface area (Å²) < 4.78 is 26.5. The summed E-state index contributed by atoms with van der Waals surface area (Å²) in [6, 6.07) is 5.42. The second-order valence-corrected chi connectivity index (χ2v) is 7.05. The van der Waals surface area contributed by atoms with E-state index in [2.05, 4.69) is 10.2 Å². The maximum atomic E-state index is 12.5. The molecule has 2 aromatic rings. The second-order valence-electron chi connectivity index (χ2n) is 4.21. The minimum Gasteiger partial charge on any atom is -0.266 e. The Hall–Kier alpha value is -1.18. The number of nitrogens with one attached hydrogen (secondary N) is 1. The van der Waals surface area contributed by atoms with Crippen LogP contribution in [0.15, 0.2) is 34.8 Å². The molecule has 0 bridgehead atoms. The average Bonchev–Trinajstić information content (AvgIpc) is 3.11. The fourth-order valence-electron chi connectivity index (χ4n) is 2.31. The van der Waals surface area contributed by atoms with E-state index in [9.17, 15) is 8.42 Å². The van der Waals surface area contributed by atoms with Gasteiger partial charge >= 0.3 is 0 Å². The predicted molar refractivity (Wildman–Crippen MR) is 68.8 cm³/mol. The summed E-state index contributed by atoms with van der Waals surface area (Å²) in [6.07, 6.45) is 3.24. The zero-order valence-electron chi connectivity index (χ0n) is 9.61. The minimum absolute atomic E-state index is 0.0294. The van der Waals surface area contributed by atoms with E-state index in [-0.39, 0.29) is 11.1 Å². The fraction of sp³-hybridized carbons (Fsp3) is 0.364. The molecule has 1 atom stereocenters. The van der Waals surface area contributed by atoms with E-state index in [1.807, 2.05) is 17.5 Å². The van der Waals surface area contributed by atoms with Crippen molar-refractivity contribution >= 4 is 21.4 Å². The standard InChI is InChI=1S/C11H13N3O2S2/c15-18(16,11-5-6-12-13-11)14-7-1-3-9(14)10-4-2-8-17-10/h2,4-6,8-9H,1,3,7H2,(H,12,13). The van der Waals surface area contributed by atoms with Crippen LogP contribution in [0.4, 0.5) is 0 Å². The van der Waals surface area contributed by atoms with Crippen LogP contribution in [-0.2, 0) is 10.0 Å². The number of hydrogen-bond acceptors (Lipinski definition) is 4. The van der Waals surface area contributed by atoms with Gasteiger partial charge < -0.3 is 0 Å². The summed E-state index contributed by atoms with van der Waals surface area (Å²) in [5.74, 6) is 0. The van der Waals surface area contributed by atoms with Crippen LogP contribution in [0.1, 0.15) is 23.8 Å². The van der Waals surface area contributed by atoms with E-state index in [0.717, 1.165) is 17.7 Å². The van der Waals surface area contributed by atoms with Crippen molar-refractivity contribution in [3.8, 4) is 0 Å². The minimum atomic E-state index is -3.45. The molecule has 0 spiro atoms. The molecule has 0 saturated carbocycles. The molecule has 2 aromatic heterocycles. The van der Waals surface area contributed by atoms with Gasteiger partial charge in [0.25, 0.3) is 10.0 Å². The molecule has 0 aromatic carbocycles. The first kappa shape index (κ1) is 11.9. The van der Waals surface area contributed by atoms with Gasteiger partial charge in [-0.25, -0.2) is 8.42 Å².